The Kier molecular flexibility index (Phi) is 10.6. The number of carbonyl (C=O) groups excluding carboxylic acids is 2. The monoisotopic (exact) mass is 536 g/mol. The maximum atomic E-state index is 13.9. The molecule has 1 unspecified atom stereocenters. The van der Waals surface area contributed by atoms with E-state index in [2.05, 4.69) is 15.6 Å². The molecule has 200 valence electrons. The van der Waals surface area contributed by atoms with E-state index in [0.29, 0.717) is 30.8 Å². The van der Waals surface area contributed by atoms with Crippen molar-refractivity contribution < 1.29 is 23.5 Å². The SMILES string of the molecule is CNCCC(CCC=O)(NC)N(C)C(=O)c1[nH]cc(C(=N)SC(=N)Cc2ccc(F)cc2F)c(=O)c1O. The molecule has 1 heterocycles. The van der Waals surface area contributed by atoms with Crippen LogP contribution in [0.5, 0.6) is 5.75 Å². The number of pyridine rings is 1. The van der Waals surface area contributed by atoms with Crippen LogP contribution in [0.3, 0.4) is 0 Å². The highest BCUT2D eigenvalue weighted by Gasteiger charge is 2.37. The second kappa shape index (κ2) is 13.2. The molecule has 0 aliphatic rings. The van der Waals surface area contributed by atoms with E-state index >= 15 is 0 Å². The summed E-state index contributed by atoms with van der Waals surface area (Å²) in [6.07, 6.45) is 2.48. The summed E-state index contributed by atoms with van der Waals surface area (Å²) in [6, 6.07) is 2.93. The van der Waals surface area contributed by atoms with Gasteiger partial charge < -0.3 is 25.1 Å². The third-order valence-electron chi connectivity index (χ3n) is 5.98. The van der Waals surface area contributed by atoms with E-state index in [1.165, 1.54) is 18.0 Å². The Balaban J connectivity index is 2.26. The molecule has 0 radical (unpaired) electrons. The quantitative estimate of drug-likeness (QED) is 0.105. The normalized spacial score (nSPS) is 12.6. The predicted molar refractivity (Wildman–Crippen MR) is 139 cm³/mol. The minimum absolute atomic E-state index is 0.0494. The fourth-order valence-corrected chi connectivity index (χ4v) is 4.51. The molecule has 2 rings (SSSR count). The van der Waals surface area contributed by atoms with Crippen molar-refractivity contribution in [1.82, 2.24) is 20.5 Å². The first kappa shape index (κ1) is 29.8. The van der Waals surface area contributed by atoms with Crippen LogP contribution in [0.25, 0.3) is 0 Å². The number of rotatable bonds is 12. The number of carbonyl (C=O) groups is 2. The molecule has 6 N–H and O–H groups in total. The highest BCUT2D eigenvalue weighted by atomic mass is 32.2. The van der Waals surface area contributed by atoms with Crippen LogP contribution in [0, 0.1) is 22.5 Å². The summed E-state index contributed by atoms with van der Waals surface area (Å²) >= 11 is 0.560. The number of halogens is 2. The molecule has 2 aromatic rings. The van der Waals surface area contributed by atoms with Gasteiger partial charge in [-0.1, -0.05) is 17.8 Å². The largest absolute Gasteiger partial charge is 0.503 e. The van der Waals surface area contributed by atoms with Gasteiger partial charge in [0.25, 0.3) is 5.91 Å². The topological polar surface area (TPSA) is 162 Å². The van der Waals surface area contributed by atoms with E-state index < -0.39 is 45.1 Å². The molecule has 1 aromatic heterocycles. The Bertz CT molecular complexity index is 1240. The van der Waals surface area contributed by atoms with E-state index in [0.717, 1.165) is 18.5 Å². The van der Waals surface area contributed by atoms with Gasteiger partial charge in [-0.15, -0.1) is 0 Å². The van der Waals surface area contributed by atoms with Crippen molar-refractivity contribution in [2.45, 2.75) is 31.3 Å². The van der Waals surface area contributed by atoms with Gasteiger partial charge in [0.2, 0.25) is 5.43 Å². The second-order valence-corrected chi connectivity index (χ2v) is 9.33. The number of amides is 1. The number of H-pyrrole nitrogens is 1. The number of hydrogen-bond acceptors (Lipinski definition) is 9. The van der Waals surface area contributed by atoms with E-state index in [1.54, 1.807) is 14.1 Å². The number of aromatic hydroxyl groups is 1. The lowest BCUT2D eigenvalue weighted by atomic mass is 9.97. The van der Waals surface area contributed by atoms with Gasteiger partial charge >= 0.3 is 0 Å². The third kappa shape index (κ3) is 7.08. The van der Waals surface area contributed by atoms with E-state index in [4.69, 9.17) is 10.8 Å². The lowest BCUT2D eigenvalue weighted by Crippen LogP contribution is -2.59. The molecule has 0 fully saturated rings. The Morgan fingerprint density at radius 3 is 2.57 bits per heavy atom. The first-order valence-corrected chi connectivity index (χ1v) is 12.1. The molecule has 1 amide bonds. The van der Waals surface area contributed by atoms with Gasteiger partial charge in [0, 0.05) is 32.2 Å². The number of nitrogens with one attached hydrogen (secondary N) is 5. The number of benzene rings is 1. The molecule has 0 saturated heterocycles. The van der Waals surface area contributed by atoms with Gasteiger partial charge in [-0.05, 0) is 45.1 Å². The molecular formula is C24H30F2N6O4S. The fraction of sp³-hybridized carbons (Fsp3) is 0.375. The highest BCUT2D eigenvalue weighted by molar-refractivity contribution is 8.26. The summed E-state index contributed by atoms with van der Waals surface area (Å²) in [5.41, 5.74) is -2.58. The van der Waals surface area contributed by atoms with Crippen molar-refractivity contribution in [3.63, 3.8) is 0 Å². The molecule has 0 saturated carbocycles. The molecular weight excluding hydrogens is 506 g/mol. The van der Waals surface area contributed by atoms with Crippen LogP contribution in [-0.2, 0) is 11.2 Å². The minimum atomic E-state index is -0.994. The van der Waals surface area contributed by atoms with E-state index in [1.807, 2.05) is 0 Å². The maximum absolute atomic E-state index is 13.9. The lowest BCUT2D eigenvalue weighted by Gasteiger charge is -2.42. The van der Waals surface area contributed by atoms with Gasteiger partial charge in [-0.2, -0.15) is 0 Å². The van der Waals surface area contributed by atoms with Crippen molar-refractivity contribution in [2.24, 2.45) is 0 Å². The molecule has 0 spiro atoms. The smallest absolute Gasteiger partial charge is 0.275 e. The number of nitrogens with zero attached hydrogens (tertiary/aromatic N) is 1. The molecule has 13 heteroatoms. The van der Waals surface area contributed by atoms with E-state index in [-0.39, 0.29) is 35.4 Å². The zero-order valence-corrected chi connectivity index (χ0v) is 21.5. The second-order valence-electron chi connectivity index (χ2n) is 8.23. The van der Waals surface area contributed by atoms with Gasteiger partial charge in [-0.3, -0.25) is 25.7 Å². The third-order valence-corrected chi connectivity index (χ3v) is 6.80. The number of aromatic nitrogens is 1. The Morgan fingerprint density at radius 1 is 1.27 bits per heavy atom. The van der Waals surface area contributed by atoms with Crippen molar-refractivity contribution >= 4 is 34.0 Å². The number of aldehydes is 1. The molecule has 0 bridgehead atoms. The van der Waals surface area contributed by atoms with Crippen LogP contribution in [0.2, 0.25) is 0 Å². The standard InChI is InChI=1S/C24H30F2N6O4S/c1-29-9-8-24(30-2,7-4-10-33)32(3)23(36)19-21(35)20(34)16(13-31-19)22(28)37-18(27)11-14-5-6-15(25)12-17(14)26/h5-6,10,12-13,27-30,35H,4,7-9,11H2,1-3H3,(H,31,34). The summed E-state index contributed by atoms with van der Waals surface area (Å²) in [7, 11) is 4.87. The minimum Gasteiger partial charge on any atom is -0.503 e. The zero-order valence-electron chi connectivity index (χ0n) is 20.7. The van der Waals surface area contributed by atoms with Gasteiger partial charge in [-0.25, -0.2) is 8.78 Å². The Morgan fingerprint density at radius 2 is 1.97 bits per heavy atom. The number of aromatic amines is 1. The maximum Gasteiger partial charge on any atom is 0.275 e. The zero-order chi connectivity index (χ0) is 27.8. The molecule has 0 aliphatic heterocycles. The summed E-state index contributed by atoms with van der Waals surface area (Å²) in [6.45, 7) is 0.515. The summed E-state index contributed by atoms with van der Waals surface area (Å²) in [4.78, 5) is 41.0. The molecule has 10 nitrogen and oxygen atoms in total. The van der Waals surface area contributed by atoms with Crippen molar-refractivity contribution in [3.05, 3.63) is 63.1 Å². The van der Waals surface area contributed by atoms with Crippen LogP contribution >= 0.6 is 11.8 Å². The van der Waals surface area contributed by atoms with Crippen LogP contribution < -0.4 is 16.1 Å². The Labute approximate surface area is 216 Å². The van der Waals surface area contributed by atoms with Crippen molar-refractivity contribution in [2.75, 3.05) is 27.7 Å². The average Bonchev–Trinajstić information content (AvgIpc) is 2.87. The van der Waals surface area contributed by atoms with Crippen molar-refractivity contribution in [1.29, 1.82) is 10.8 Å². The average molecular weight is 537 g/mol. The first-order valence-electron chi connectivity index (χ1n) is 11.3. The molecule has 1 aromatic carbocycles. The number of thioether (sulfide) groups is 1. The first-order chi connectivity index (χ1) is 17.5. The molecule has 1 atom stereocenters. The van der Waals surface area contributed by atoms with Gasteiger partial charge in [0.1, 0.15) is 23.0 Å². The molecule has 37 heavy (non-hydrogen) atoms. The summed E-state index contributed by atoms with van der Waals surface area (Å²) in [5.74, 6) is -3.20. The summed E-state index contributed by atoms with van der Waals surface area (Å²) < 4.78 is 27.0. The van der Waals surface area contributed by atoms with Crippen LogP contribution in [0.1, 0.15) is 40.9 Å². The number of hydrogen-bond donors (Lipinski definition) is 6. The van der Waals surface area contributed by atoms with Crippen molar-refractivity contribution in [3.8, 4) is 5.75 Å². The van der Waals surface area contributed by atoms with Gasteiger partial charge in [0.15, 0.2) is 11.4 Å². The van der Waals surface area contributed by atoms with Crippen LogP contribution in [0.15, 0.2) is 29.2 Å². The van der Waals surface area contributed by atoms with Crippen LogP contribution in [0.4, 0.5) is 8.78 Å². The molecule has 0 aliphatic carbocycles. The fourth-order valence-electron chi connectivity index (χ4n) is 3.77. The lowest BCUT2D eigenvalue weighted by molar-refractivity contribution is -0.108. The highest BCUT2D eigenvalue weighted by Crippen LogP contribution is 2.25. The van der Waals surface area contributed by atoms with Crippen LogP contribution in [-0.4, -0.2) is 70.6 Å². The Hall–Kier alpha value is -3.42. The van der Waals surface area contributed by atoms with E-state index in [9.17, 15) is 28.3 Å². The predicted octanol–water partition coefficient (Wildman–Crippen LogP) is 2.21. The van der Waals surface area contributed by atoms with Gasteiger partial charge in [0.05, 0.1) is 16.3 Å². The summed E-state index contributed by atoms with van der Waals surface area (Å²) in [5, 5.41) is 32.2.